The maximum Gasteiger partial charge on any atom is 0.453 e. The van der Waals surface area contributed by atoms with E-state index in [2.05, 4.69) is 14.6 Å². The largest absolute Gasteiger partial charge is 0.461 e. The zero-order valence-electron chi connectivity index (χ0n) is 11.5. The van der Waals surface area contributed by atoms with Gasteiger partial charge in [-0.25, -0.2) is 9.48 Å². The fourth-order valence-electron chi connectivity index (χ4n) is 1.44. The molecule has 0 spiro atoms. The van der Waals surface area contributed by atoms with Crippen LogP contribution < -0.4 is 4.74 Å². The van der Waals surface area contributed by atoms with Crippen molar-refractivity contribution in [3.05, 3.63) is 11.8 Å². The Morgan fingerprint density at radius 2 is 1.91 bits per heavy atom. The van der Waals surface area contributed by atoms with E-state index in [1.807, 2.05) is 0 Å². The average Bonchev–Trinajstić information content (AvgIpc) is 2.78. The van der Waals surface area contributed by atoms with E-state index in [1.165, 1.54) is 6.92 Å². The van der Waals surface area contributed by atoms with Crippen molar-refractivity contribution in [2.24, 2.45) is 0 Å². The lowest BCUT2D eigenvalue weighted by Crippen LogP contribution is -2.37. The Morgan fingerprint density at radius 1 is 1.30 bits per heavy atom. The minimum Gasteiger partial charge on any atom is -0.461 e. The van der Waals surface area contributed by atoms with Crippen molar-refractivity contribution in [2.45, 2.75) is 38.6 Å². The van der Waals surface area contributed by atoms with Crippen molar-refractivity contribution in [3.8, 4) is 5.88 Å². The molecule has 5 nitrogen and oxygen atoms in total. The number of aromatic nitrogens is 2. The van der Waals surface area contributed by atoms with Crippen molar-refractivity contribution >= 4 is 5.97 Å². The number of ether oxygens (including phenoxy) is 2. The van der Waals surface area contributed by atoms with Gasteiger partial charge in [-0.1, -0.05) is 0 Å². The Kier molecular flexibility index (Phi) is 5.83. The number of aryl methyl sites for hydroxylation is 1. The molecule has 0 N–H and O–H groups in total. The maximum atomic E-state index is 12.8. The number of carbonyl (C=O) groups excluding carboxylic acids is 1. The number of carbonyl (C=O) groups is 1. The van der Waals surface area contributed by atoms with Crippen molar-refractivity contribution < 1.29 is 45.0 Å². The minimum atomic E-state index is -5.80. The SMILES string of the molecule is CCOC(=O)c1cc(OC(F)F)n(CCC(F)(F)C(F)(F)F)n1. The van der Waals surface area contributed by atoms with Gasteiger partial charge in [-0.05, 0) is 6.92 Å². The first-order valence-electron chi connectivity index (χ1n) is 6.12. The van der Waals surface area contributed by atoms with Crippen LogP contribution in [0.15, 0.2) is 6.07 Å². The lowest BCUT2D eigenvalue weighted by atomic mass is 10.2. The second-order valence-electron chi connectivity index (χ2n) is 4.14. The highest BCUT2D eigenvalue weighted by Gasteiger charge is 2.56. The van der Waals surface area contributed by atoms with Gasteiger partial charge in [0.15, 0.2) is 5.69 Å². The van der Waals surface area contributed by atoms with Crippen LogP contribution in [0.2, 0.25) is 0 Å². The molecule has 1 rings (SSSR count). The van der Waals surface area contributed by atoms with Crippen LogP contribution in [0, 0.1) is 0 Å². The zero-order chi connectivity index (χ0) is 17.8. The average molecular weight is 352 g/mol. The second kappa shape index (κ2) is 7.04. The van der Waals surface area contributed by atoms with E-state index >= 15 is 0 Å². The Bertz CT molecular complexity index is 542. The number of halogens is 7. The summed E-state index contributed by atoms with van der Waals surface area (Å²) in [5, 5.41) is 3.35. The molecule has 132 valence electrons. The van der Waals surface area contributed by atoms with Gasteiger partial charge in [0.25, 0.3) is 0 Å². The fraction of sp³-hybridized carbons (Fsp3) is 0.636. The molecule has 23 heavy (non-hydrogen) atoms. The number of nitrogens with zero attached hydrogens (tertiary/aromatic N) is 2. The predicted octanol–water partition coefficient (Wildman–Crippen LogP) is 3.25. The number of alkyl halides is 7. The Labute approximate surface area is 125 Å². The summed E-state index contributed by atoms with van der Waals surface area (Å²) >= 11 is 0. The molecule has 1 aromatic rings. The third kappa shape index (κ3) is 4.99. The standard InChI is InChI=1S/C11H11F7N2O3/c1-2-22-8(21)6-5-7(23-9(12)13)20(19-6)4-3-10(14,15)11(16,17)18/h5,9H,2-4H2,1H3. The summed E-state index contributed by atoms with van der Waals surface area (Å²) in [7, 11) is 0. The van der Waals surface area contributed by atoms with Gasteiger partial charge in [-0.15, -0.1) is 0 Å². The van der Waals surface area contributed by atoms with Gasteiger partial charge in [0.1, 0.15) is 0 Å². The number of esters is 1. The molecule has 1 heterocycles. The van der Waals surface area contributed by atoms with Crippen molar-refractivity contribution in [2.75, 3.05) is 6.61 Å². The summed E-state index contributed by atoms with van der Waals surface area (Å²) in [4.78, 5) is 11.4. The van der Waals surface area contributed by atoms with Gasteiger partial charge in [0.05, 0.1) is 13.2 Å². The van der Waals surface area contributed by atoms with E-state index in [-0.39, 0.29) is 6.61 Å². The van der Waals surface area contributed by atoms with Crippen molar-refractivity contribution in [1.29, 1.82) is 0 Å². The van der Waals surface area contributed by atoms with E-state index in [1.54, 1.807) is 0 Å². The molecule has 0 unspecified atom stereocenters. The predicted molar refractivity (Wildman–Crippen MR) is 60.4 cm³/mol. The molecule has 0 radical (unpaired) electrons. The maximum absolute atomic E-state index is 12.8. The first-order chi connectivity index (χ1) is 10.5. The highest BCUT2D eigenvalue weighted by atomic mass is 19.4. The monoisotopic (exact) mass is 352 g/mol. The van der Waals surface area contributed by atoms with Crippen molar-refractivity contribution in [3.63, 3.8) is 0 Å². The number of hydrogen-bond acceptors (Lipinski definition) is 4. The van der Waals surface area contributed by atoms with E-state index in [4.69, 9.17) is 0 Å². The van der Waals surface area contributed by atoms with E-state index < -0.39 is 49.2 Å². The molecule has 0 aliphatic carbocycles. The summed E-state index contributed by atoms with van der Waals surface area (Å²) in [6.07, 6.45) is -7.56. The molecule has 0 saturated carbocycles. The van der Waals surface area contributed by atoms with Crippen LogP contribution in [0.5, 0.6) is 5.88 Å². The first kappa shape index (κ1) is 19.0. The number of hydrogen-bond donors (Lipinski definition) is 0. The molecule has 0 aliphatic rings. The Balaban J connectivity index is 2.97. The van der Waals surface area contributed by atoms with Gasteiger partial charge in [-0.3, -0.25) is 0 Å². The smallest absolute Gasteiger partial charge is 0.453 e. The molecule has 0 amide bonds. The zero-order valence-corrected chi connectivity index (χ0v) is 11.5. The third-order valence-electron chi connectivity index (χ3n) is 2.49. The normalized spacial score (nSPS) is 12.6. The van der Waals surface area contributed by atoms with Gasteiger partial charge < -0.3 is 9.47 Å². The van der Waals surface area contributed by atoms with Crippen LogP contribution in [0.1, 0.15) is 23.8 Å². The Morgan fingerprint density at radius 3 is 2.39 bits per heavy atom. The molecular formula is C11H11F7N2O3. The van der Waals surface area contributed by atoms with Gasteiger partial charge in [0.2, 0.25) is 5.88 Å². The van der Waals surface area contributed by atoms with Crippen LogP contribution in [-0.2, 0) is 11.3 Å². The van der Waals surface area contributed by atoms with Gasteiger partial charge in [0, 0.05) is 12.5 Å². The van der Waals surface area contributed by atoms with E-state index in [0.29, 0.717) is 10.7 Å². The molecule has 0 saturated heterocycles. The summed E-state index contributed by atoms with van der Waals surface area (Å²) in [6, 6.07) is 0.663. The molecular weight excluding hydrogens is 341 g/mol. The van der Waals surface area contributed by atoms with Crippen LogP contribution in [-0.4, -0.2) is 41.1 Å². The van der Waals surface area contributed by atoms with Crippen LogP contribution in [0.4, 0.5) is 30.7 Å². The lowest BCUT2D eigenvalue weighted by molar-refractivity contribution is -0.285. The summed E-state index contributed by atoms with van der Waals surface area (Å²) < 4.78 is 95.1. The molecule has 0 bridgehead atoms. The first-order valence-corrected chi connectivity index (χ1v) is 6.12. The number of rotatable bonds is 7. The fourth-order valence-corrected chi connectivity index (χ4v) is 1.44. The molecule has 1 aromatic heterocycles. The van der Waals surface area contributed by atoms with Gasteiger partial charge in [-0.2, -0.15) is 35.8 Å². The summed E-state index contributed by atoms with van der Waals surface area (Å²) in [6.45, 7) is -3.13. The molecule has 0 aromatic carbocycles. The van der Waals surface area contributed by atoms with E-state index in [9.17, 15) is 35.5 Å². The van der Waals surface area contributed by atoms with Gasteiger partial charge >= 0.3 is 24.7 Å². The third-order valence-corrected chi connectivity index (χ3v) is 2.49. The van der Waals surface area contributed by atoms with Crippen LogP contribution >= 0.6 is 0 Å². The molecule has 0 atom stereocenters. The molecule has 12 heteroatoms. The highest BCUT2D eigenvalue weighted by molar-refractivity contribution is 5.87. The minimum absolute atomic E-state index is 0.0805. The van der Waals surface area contributed by atoms with E-state index in [0.717, 1.165) is 0 Å². The summed E-state index contributed by atoms with van der Waals surface area (Å²) in [5.41, 5.74) is -0.558. The van der Waals surface area contributed by atoms with Crippen molar-refractivity contribution in [1.82, 2.24) is 9.78 Å². The Hall–Kier alpha value is -2.01. The second-order valence-corrected chi connectivity index (χ2v) is 4.14. The molecule has 0 aliphatic heterocycles. The topological polar surface area (TPSA) is 53.4 Å². The van der Waals surface area contributed by atoms with Crippen LogP contribution in [0.25, 0.3) is 0 Å². The summed E-state index contributed by atoms with van der Waals surface area (Å²) in [5.74, 6) is -6.94. The quantitative estimate of drug-likeness (QED) is 0.558. The highest BCUT2D eigenvalue weighted by Crippen LogP contribution is 2.38. The lowest BCUT2D eigenvalue weighted by Gasteiger charge is -2.19. The van der Waals surface area contributed by atoms with Crippen LogP contribution in [0.3, 0.4) is 0 Å². The molecule has 0 fully saturated rings.